The number of hydrogen-bond acceptors (Lipinski definition) is 3. The van der Waals surface area contributed by atoms with Crippen LogP contribution in [0, 0.1) is 11.7 Å². The summed E-state index contributed by atoms with van der Waals surface area (Å²) in [6.45, 7) is 2.84. The van der Waals surface area contributed by atoms with Crippen LogP contribution in [-0.4, -0.2) is 31.3 Å². The fraction of sp³-hybridized carbons (Fsp3) is 0.417. The van der Waals surface area contributed by atoms with Gasteiger partial charge in [-0.1, -0.05) is 6.92 Å². The lowest BCUT2D eigenvalue weighted by molar-refractivity contribution is 0.0931. The molecule has 1 aromatic carbocycles. The number of benzene rings is 1. The molecule has 1 unspecified atom stereocenters. The van der Waals surface area contributed by atoms with E-state index in [0.29, 0.717) is 13.2 Å². The van der Waals surface area contributed by atoms with E-state index in [1.807, 2.05) is 6.92 Å². The smallest absolute Gasteiger partial charge is 0.255 e. The lowest BCUT2D eigenvalue weighted by Crippen LogP contribution is -2.30. The summed E-state index contributed by atoms with van der Waals surface area (Å²) in [6.07, 6.45) is 0. The first kappa shape index (κ1) is 13.4. The normalized spacial score (nSPS) is 12.2. The number of carbonyl (C=O) groups excluding carboxylic acids is 1. The molecule has 0 bridgehead atoms. The predicted molar refractivity (Wildman–Crippen MR) is 61.4 cm³/mol. The van der Waals surface area contributed by atoms with E-state index in [0.717, 1.165) is 18.2 Å². The number of ether oxygens (including phenoxy) is 1. The molecule has 1 amide bonds. The Morgan fingerprint density at radius 2 is 2.29 bits per heavy atom. The highest BCUT2D eigenvalue weighted by Gasteiger charge is 2.12. The highest BCUT2D eigenvalue weighted by atomic mass is 19.1. The summed E-state index contributed by atoms with van der Waals surface area (Å²) in [5.74, 6) is -1.13. The standard InChI is InChI=1S/C12H16FNO3/c1-8(7-17-2)6-14-12(16)10-5-9(13)3-4-11(10)15/h3-5,8,15H,6-7H2,1-2H3,(H,14,16). The molecule has 0 heterocycles. The van der Waals surface area contributed by atoms with Crippen LogP contribution >= 0.6 is 0 Å². The van der Waals surface area contributed by atoms with Crippen LogP contribution in [0.2, 0.25) is 0 Å². The molecule has 1 rings (SSSR count). The number of phenols is 1. The lowest BCUT2D eigenvalue weighted by atomic mass is 10.1. The summed E-state index contributed by atoms with van der Waals surface area (Å²) in [5, 5.41) is 12.0. The summed E-state index contributed by atoms with van der Waals surface area (Å²) < 4.78 is 17.8. The lowest BCUT2D eigenvalue weighted by Gasteiger charge is -2.12. The van der Waals surface area contributed by atoms with Crippen LogP contribution in [0.4, 0.5) is 4.39 Å². The Morgan fingerprint density at radius 1 is 1.59 bits per heavy atom. The van der Waals surface area contributed by atoms with E-state index in [9.17, 15) is 14.3 Å². The molecule has 94 valence electrons. The Bertz CT molecular complexity index is 395. The summed E-state index contributed by atoms with van der Waals surface area (Å²) in [7, 11) is 1.58. The number of amides is 1. The first-order valence-corrected chi connectivity index (χ1v) is 5.30. The number of halogens is 1. The number of nitrogens with one attached hydrogen (secondary N) is 1. The van der Waals surface area contributed by atoms with E-state index < -0.39 is 11.7 Å². The number of carbonyl (C=O) groups is 1. The van der Waals surface area contributed by atoms with E-state index in [1.54, 1.807) is 7.11 Å². The van der Waals surface area contributed by atoms with E-state index >= 15 is 0 Å². The maximum atomic E-state index is 12.9. The maximum Gasteiger partial charge on any atom is 0.255 e. The van der Waals surface area contributed by atoms with Crippen LogP contribution in [0.1, 0.15) is 17.3 Å². The Hall–Kier alpha value is -1.62. The molecule has 0 radical (unpaired) electrons. The van der Waals surface area contributed by atoms with E-state index in [1.165, 1.54) is 0 Å². The van der Waals surface area contributed by atoms with Gasteiger partial charge in [-0.25, -0.2) is 4.39 Å². The van der Waals surface area contributed by atoms with Gasteiger partial charge < -0.3 is 15.2 Å². The number of methoxy groups -OCH3 is 1. The molecule has 0 spiro atoms. The number of hydrogen-bond donors (Lipinski definition) is 2. The van der Waals surface area contributed by atoms with Crippen LogP contribution in [-0.2, 0) is 4.74 Å². The van der Waals surface area contributed by atoms with Gasteiger partial charge in [-0.15, -0.1) is 0 Å². The van der Waals surface area contributed by atoms with Crippen molar-refractivity contribution < 1.29 is 19.0 Å². The molecule has 0 aliphatic carbocycles. The zero-order valence-electron chi connectivity index (χ0n) is 9.87. The molecule has 1 atom stereocenters. The highest BCUT2D eigenvalue weighted by molar-refractivity contribution is 5.96. The van der Waals surface area contributed by atoms with Crippen molar-refractivity contribution in [1.82, 2.24) is 5.32 Å². The van der Waals surface area contributed by atoms with Gasteiger partial charge in [-0.3, -0.25) is 4.79 Å². The van der Waals surface area contributed by atoms with E-state index in [4.69, 9.17) is 4.74 Å². The second kappa shape index (κ2) is 6.20. The van der Waals surface area contributed by atoms with Gasteiger partial charge >= 0.3 is 0 Å². The first-order valence-electron chi connectivity index (χ1n) is 5.30. The molecule has 0 saturated carbocycles. The van der Waals surface area contributed by atoms with Crippen LogP contribution in [0.3, 0.4) is 0 Å². The van der Waals surface area contributed by atoms with Crippen molar-refractivity contribution in [2.45, 2.75) is 6.92 Å². The van der Waals surface area contributed by atoms with Gasteiger partial charge in [0, 0.05) is 13.7 Å². The van der Waals surface area contributed by atoms with Crippen molar-refractivity contribution >= 4 is 5.91 Å². The zero-order chi connectivity index (χ0) is 12.8. The van der Waals surface area contributed by atoms with Crippen molar-refractivity contribution in [3.05, 3.63) is 29.6 Å². The minimum Gasteiger partial charge on any atom is -0.507 e. The number of phenolic OH excluding ortho intramolecular Hbond substituents is 1. The third kappa shape index (κ3) is 4.03. The molecule has 4 nitrogen and oxygen atoms in total. The minimum atomic E-state index is -0.558. The third-order valence-electron chi connectivity index (χ3n) is 2.27. The molecule has 17 heavy (non-hydrogen) atoms. The first-order chi connectivity index (χ1) is 8.04. The average Bonchev–Trinajstić information content (AvgIpc) is 2.29. The van der Waals surface area contributed by atoms with Crippen molar-refractivity contribution in [2.24, 2.45) is 5.92 Å². The largest absolute Gasteiger partial charge is 0.507 e. The second-order valence-corrected chi connectivity index (χ2v) is 3.93. The van der Waals surface area contributed by atoms with E-state index in [-0.39, 0.29) is 17.2 Å². The molecular weight excluding hydrogens is 225 g/mol. The molecule has 0 aromatic heterocycles. The van der Waals surface area contributed by atoms with Crippen molar-refractivity contribution in [2.75, 3.05) is 20.3 Å². The summed E-state index contributed by atoms with van der Waals surface area (Å²) in [6, 6.07) is 3.26. The quantitative estimate of drug-likeness (QED) is 0.822. The Morgan fingerprint density at radius 3 is 2.94 bits per heavy atom. The van der Waals surface area contributed by atoms with Gasteiger partial charge in [0.05, 0.1) is 12.2 Å². The van der Waals surface area contributed by atoms with Gasteiger partial charge in [-0.05, 0) is 24.1 Å². The van der Waals surface area contributed by atoms with Crippen LogP contribution in [0.5, 0.6) is 5.75 Å². The Balaban J connectivity index is 2.61. The van der Waals surface area contributed by atoms with Gasteiger partial charge in [0.1, 0.15) is 11.6 Å². The van der Waals surface area contributed by atoms with Gasteiger partial charge in [0.25, 0.3) is 5.91 Å². The fourth-order valence-electron chi connectivity index (χ4n) is 1.40. The SMILES string of the molecule is COCC(C)CNC(=O)c1cc(F)ccc1O. The molecule has 0 aliphatic heterocycles. The van der Waals surface area contributed by atoms with Crippen LogP contribution in [0.15, 0.2) is 18.2 Å². The van der Waals surface area contributed by atoms with Crippen molar-refractivity contribution in [1.29, 1.82) is 0 Å². The summed E-state index contributed by atoms with van der Waals surface area (Å²) in [5.41, 5.74) is -0.0605. The minimum absolute atomic E-state index is 0.0605. The third-order valence-corrected chi connectivity index (χ3v) is 2.27. The molecule has 2 N–H and O–H groups in total. The van der Waals surface area contributed by atoms with Crippen molar-refractivity contribution in [3.8, 4) is 5.75 Å². The summed E-state index contributed by atoms with van der Waals surface area (Å²) >= 11 is 0. The maximum absolute atomic E-state index is 12.9. The Kier molecular flexibility index (Phi) is 4.90. The molecule has 1 aromatic rings. The Labute approximate surface area is 99.4 Å². The molecule has 0 fully saturated rings. The topological polar surface area (TPSA) is 58.6 Å². The highest BCUT2D eigenvalue weighted by Crippen LogP contribution is 2.17. The van der Waals surface area contributed by atoms with Gasteiger partial charge in [-0.2, -0.15) is 0 Å². The molecule has 0 aliphatic rings. The average molecular weight is 241 g/mol. The number of aromatic hydroxyl groups is 1. The molecule has 0 saturated heterocycles. The van der Waals surface area contributed by atoms with Crippen molar-refractivity contribution in [3.63, 3.8) is 0 Å². The number of rotatable bonds is 5. The van der Waals surface area contributed by atoms with Gasteiger partial charge in [0.2, 0.25) is 0 Å². The zero-order valence-corrected chi connectivity index (χ0v) is 9.87. The summed E-state index contributed by atoms with van der Waals surface area (Å²) in [4.78, 5) is 11.6. The van der Waals surface area contributed by atoms with Crippen LogP contribution < -0.4 is 5.32 Å². The monoisotopic (exact) mass is 241 g/mol. The second-order valence-electron chi connectivity index (χ2n) is 3.93. The van der Waals surface area contributed by atoms with Crippen LogP contribution in [0.25, 0.3) is 0 Å². The van der Waals surface area contributed by atoms with Gasteiger partial charge in [0.15, 0.2) is 0 Å². The molecular formula is C12H16FNO3. The molecule has 5 heteroatoms. The van der Waals surface area contributed by atoms with E-state index in [2.05, 4.69) is 5.32 Å². The fourth-order valence-corrected chi connectivity index (χ4v) is 1.40. The predicted octanol–water partition coefficient (Wildman–Crippen LogP) is 1.54.